The lowest BCUT2D eigenvalue weighted by atomic mass is 10.1. The van der Waals surface area contributed by atoms with Gasteiger partial charge in [0.25, 0.3) is 0 Å². The lowest BCUT2D eigenvalue weighted by Gasteiger charge is -2.21. The number of halogens is 1. The number of hydrogen-bond donors (Lipinski definition) is 2. The highest BCUT2D eigenvalue weighted by atomic mass is 19.1. The number of nitrogens with zero attached hydrogens (tertiary/aromatic N) is 1. The molecule has 0 spiro atoms. The summed E-state index contributed by atoms with van der Waals surface area (Å²) in [5.74, 6) is -0.216. The van der Waals surface area contributed by atoms with Crippen LogP contribution in [0.1, 0.15) is 24.5 Å². The maximum atomic E-state index is 13.7. The van der Waals surface area contributed by atoms with E-state index in [0.717, 1.165) is 18.5 Å². The number of aliphatic hydroxyl groups is 1. The molecule has 17 heavy (non-hydrogen) atoms. The van der Waals surface area contributed by atoms with Gasteiger partial charge in [0.15, 0.2) is 0 Å². The molecule has 4 heteroatoms. The molecule has 0 aromatic heterocycles. The Kier molecular flexibility index (Phi) is 6.11. The van der Waals surface area contributed by atoms with Gasteiger partial charge in [0, 0.05) is 25.2 Å². The summed E-state index contributed by atoms with van der Waals surface area (Å²) in [4.78, 5) is 2.04. The number of nitrogens with two attached hydrogens (primary N) is 1. The van der Waals surface area contributed by atoms with Crippen LogP contribution in [-0.2, 0) is 13.1 Å². The summed E-state index contributed by atoms with van der Waals surface area (Å²) in [5.41, 5.74) is 6.91. The van der Waals surface area contributed by atoms with Crippen LogP contribution in [0.25, 0.3) is 0 Å². The van der Waals surface area contributed by atoms with E-state index in [1.54, 1.807) is 6.07 Å². The maximum absolute atomic E-state index is 13.7. The first-order valence-corrected chi connectivity index (χ1v) is 6.01. The van der Waals surface area contributed by atoms with E-state index in [-0.39, 0.29) is 12.4 Å². The molecule has 1 rings (SSSR count). The van der Waals surface area contributed by atoms with Gasteiger partial charge >= 0.3 is 0 Å². The largest absolute Gasteiger partial charge is 0.395 e. The second-order valence-corrected chi connectivity index (χ2v) is 4.13. The summed E-state index contributed by atoms with van der Waals surface area (Å²) in [7, 11) is 0. The summed E-state index contributed by atoms with van der Waals surface area (Å²) >= 11 is 0. The van der Waals surface area contributed by atoms with E-state index in [4.69, 9.17) is 10.8 Å². The fraction of sp³-hybridized carbons (Fsp3) is 0.538. The van der Waals surface area contributed by atoms with Crippen molar-refractivity contribution in [2.75, 3.05) is 19.7 Å². The molecule has 0 amide bonds. The van der Waals surface area contributed by atoms with Gasteiger partial charge in [0.05, 0.1) is 6.61 Å². The minimum Gasteiger partial charge on any atom is -0.395 e. The fourth-order valence-corrected chi connectivity index (χ4v) is 1.81. The first-order chi connectivity index (χ1) is 8.21. The smallest absolute Gasteiger partial charge is 0.128 e. The molecule has 1 aromatic rings. The van der Waals surface area contributed by atoms with Gasteiger partial charge in [-0.3, -0.25) is 4.90 Å². The van der Waals surface area contributed by atoms with E-state index in [2.05, 4.69) is 6.92 Å². The average Bonchev–Trinajstić information content (AvgIpc) is 2.32. The zero-order valence-electron chi connectivity index (χ0n) is 10.3. The summed E-state index contributed by atoms with van der Waals surface area (Å²) < 4.78 is 13.7. The molecule has 0 aliphatic rings. The minimum absolute atomic E-state index is 0.0997. The molecule has 0 heterocycles. The Morgan fingerprint density at radius 3 is 2.65 bits per heavy atom. The predicted molar refractivity (Wildman–Crippen MR) is 66.9 cm³/mol. The van der Waals surface area contributed by atoms with Crippen molar-refractivity contribution in [2.24, 2.45) is 5.73 Å². The van der Waals surface area contributed by atoms with Crippen LogP contribution in [-0.4, -0.2) is 29.7 Å². The quantitative estimate of drug-likeness (QED) is 0.759. The second-order valence-electron chi connectivity index (χ2n) is 4.13. The van der Waals surface area contributed by atoms with Crippen LogP contribution in [0.2, 0.25) is 0 Å². The van der Waals surface area contributed by atoms with Gasteiger partial charge in [-0.15, -0.1) is 0 Å². The van der Waals surface area contributed by atoms with Gasteiger partial charge in [-0.25, -0.2) is 4.39 Å². The standard InChI is InChI=1S/C13H21FN2O/c1-2-5-16(6-7-17)10-12-4-3-11(9-15)8-13(12)14/h3-4,8,17H,2,5-7,9-10,15H2,1H3. The van der Waals surface area contributed by atoms with Gasteiger partial charge in [-0.1, -0.05) is 19.1 Å². The van der Waals surface area contributed by atoms with Crippen molar-refractivity contribution in [1.82, 2.24) is 4.90 Å². The third-order valence-electron chi connectivity index (χ3n) is 2.70. The third-order valence-corrected chi connectivity index (χ3v) is 2.70. The van der Waals surface area contributed by atoms with Gasteiger partial charge in [0.1, 0.15) is 5.82 Å². The average molecular weight is 240 g/mol. The molecule has 0 bridgehead atoms. The molecule has 0 saturated heterocycles. The van der Waals surface area contributed by atoms with Crippen LogP contribution in [0, 0.1) is 5.82 Å². The van der Waals surface area contributed by atoms with Gasteiger partial charge in [0.2, 0.25) is 0 Å². The molecule has 0 saturated carbocycles. The molecule has 0 radical (unpaired) electrons. The number of aliphatic hydroxyl groups excluding tert-OH is 1. The molecule has 96 valence electrons. The Bertz CT molecular complexity index is 338. The molecule has 0 atom stereocenters. The monoisotopic (exact) mass is 240 g/mol. The van der Waals surface area contributed by atoms with Crippen LogP contribution in [0.5, 0.6) is 0 Å². The molecule has 3 nitrogen and oxygen atoms in total. The first-order valence-electron chi connectivity index (χ1n) is 6.01. The molecular weight excluding hydrogens is 219 g/mol. The predicted octanol–water partition coefficient (Wildman–Crippen LogP) is 1.49. The molecule has 0 fully saturated rings. The van der Waals surface area contributed by atoms with Crippen LogP contribution >= 0.6 is 0 Å². The number of hydrogen-bond acceptors (Lipinski definition) is 3. The fourth-order valence-electron chi connectivity index (χ4n) is 1.81. The number of benzene rings is 1. The van der Waals surface area contributed by atoms with Crippen molar-refractivity contribution in [2.45, 2.75) is 26.4 Å². The normalized spacial score (nSPS) is 11.1. The van der Waals surface area contributed by atoms with Crippen molar-refractivity contribution in [3.63, 3.8) is 0 Å². The molecule has 3 N–H and O–H groups in total. The van der Waals surface area contributed by atoms with Gasteiger partial charge in [-0.2, -0.15) is 0 Å². The molecule has 0 unspecified atom stereocenters. The Hall–Kier alpha value is -0.970. The van der Waals surface area contributed by atoms with Crippen molar-refractivity contribution in [3.05, 3.63) is 35.1 Å². The minimum atomic E-state index is -0.216. The highest BCUT2D eigenvalue weighted by Gasteiger charge is 2.08. The lowest BCUT2D eigenvalue weighted by molar-refractivity contribution is 0.189. The zero-order valence-corrected chi connectivity index (χ0v) is 10.3. The molecule has 1 aromatic carbocycles. The molecule has 0 aliphatic heterocycles. The summed E-state index contributed by atoms with van der Waals surface area (Å²) in [6, 6.07) is 5.11. The topological polar surface area (TPSA) is 49.5 Å². The van der Waals surface area contributed by atoms with Gasteiger partial charge < -0.3 is 10.8 Å². The van der Waals surface area contributed by atoms with Crippen molar-refractivity contribution in [1.29, 1.82) is 0 Å². The van der Waals surface area contributed by atoms with Crippen LogP contribution < -0.4 is 5.73 Å². The van der Waals surface area contributed by atoms with Crippen LogP contribution in [0.15, 0.2) is 18.2 Å². The van der Waals surface area contributed by atoms with Crippen molar-refractivity contribution < 1.29 is 9.50 Å². The first kappa shape index (κ1) is 14.1. The van der Waals surface area contributed by atoms with E-state index in [1.165, 1.54) is 6.07 Å². The van der Waals surface area contributed by atoms with E-state index in [9.17, 15) is 4.39 Å². The highest BCUT2D eigenvalue weighted by Crippen LogP contribution is 2.13. The SMILES string of the molecule is CCCN(CCO)Cc1ccc(CN)cc1F. The van der Waals surface area contributed by atoms with Crippen molar-refractivity contribution >= 4 is 0 Å². The van der Waals surface area contributed by atoms with Crippen LogP contribution in [0.4, 0.5) is 4.39 Å². The Morgan fingerprint density at radius 2 is 2.12 bits per heavy atom. The summed E-state index contributed by atoms with van der Waals surface area (Å²) in [6.45, 7) is 4.49. The maximum Gasteiger partial charge on any atom is 0.128 e. The summed E-state index contributed by atoms with van der Waals surface area (Å²) in [6.07, 6.45) is 0.989. The van der Waals surface area contributed by atoms with E-state index in [1.807, 2.05) is 11.0 Å². The van der Waals surface area contributed by atoms with E-state index >= 15 is 0 Å². The molecule has 0 aliphatic carbocycles. The highest BCUT2D eigenvalue weighted by molar-refractivity contribution is 5.24. The second kappa shape index (κ2) is 7.37. The van der Waals surface area contributed by atoms with Crippen LogP contribution in [0.3, 0.4) is 0 Å². The Morgan fingerprint density at radius 1 is 1.35 bits per heavy atom. The van der Waals surface area contributed by atoms with E-state index in [0.29, 0.717) is 25.2 Å². The van der Waals surface area contributed by atoms with Crippen molar-refractivity contribution in [3.8, 4) is 0 Å². The molecular formula is C13H21FN2O. The summed E-state index contributed by atoms with van der Waals surface area (Å²) in [5, 5.41) is 8.94. The zero-order chi connectivity index (χ0) is 12.7. The Labute approximate surface area is 102 Å². The lowest BCUT2D eigenvalue weighted by Crippen LogP contribution is -2.27. The van der Waals surface area contributed by atoms with E-state index < -0.39 is 0 Å². The third kappa shape index (κ3) is 4.42. The number of rotatable bonds is 7. The Balaban J connectivity index is 2.71. The van der Waals surface area contributed by atoms with Gasteiger partial charge in [-0.05, 0) is 24.6 Å².